The second-order valence-corrected chi connectivity index (χ2v) is 6.99. The first kappa shape index (κ1) is 17.2. The number of H-pyrrole nitrogens is 1. The number of rotatable bonds is 3. The maximum absolute atomic E-state index is 12.9. The van der Waals surface area contributed by atoms with Gasteiger partial charge in [-0.3, -0.25) is 14.9 Å². The van der Waals surface area contributed by atoms with E-state index in [1.807, 2.05) is 29.2 Å². The van der Waals surface area contributed by atoms with Crippen LogP contribution in [0.25, 0.3) is 11.0 Å². The quantitative estimate of drug-likeness (QED) is 0.565. The second kappa shape index (κ2) is 6.83. The maximum Gasteiger partial charge on any atom is 0.272 e. The van der Waals surface area contributed by atoms with Gasteiger partial charge in [0.1, 0.15) is 5.82 Å². The molecule has 1 aliphatic rings. The Balaban J connectivity index is 1.54. The summed E-state index contributed by atoms with van der Waals surface area (Å²) in [5.74, 6) is 0.983. The first-order chi connectivity index (χ1) is 13.0. The van der Waals surface area contributed by atoms with Crippen molar-refractivity contribution in [3.63, 3.8) is 0 Å². The van der Waals surface area contributed by atoms with E-state index < -0.39 is 4.92 Å². The Hall–Kier alpha value is -3.22. The molecule has 27 heavy (non-hydrogen) atoms. The SMILES string of the molecule is Cc1cc(C(=O)N2CCCC(c3nc4ccccc4[nH]3)C2)ccc1[N+](=O)[O-]. The summed E-state index contributed by atoms with van der Waals surface area (Å²) in [6, 6.07) is 12.4. The number of likely N-dealkylation sites (tertiary alicyclic amines) is 1. The molecule has 1 aliphatic heterocycles. The van der Waals surface area contributed by atoms with Crippen LogP contribution in [0.2, 0.25) is 0 Å². The van der Waals surface area contributed by atoms with Gasteiger partial charge in [0, 0.05) is 36.2 Å². The lowest BCUT2D eigenvalue weighted by Crippen LogP contribution is -2.39. The number of nitro benzene ring substituents is 1. The van der Waals surface area contributed by atoms with E-state index in [2.05, 4.69) is 9.97 Å². The monoisotopic (exact) mass is 364 g/mol. The summed E-state index contributed by atoms with van der Waals surface area (Å²) < 4.78 is 0. The summed E-state index contributed by atoms with van der Waals surface area (Å²) in [5.41, 5.74) is 2.95. The minimum absolute atomic E-state index is 0.0327. The van der Waals surface area contributed by atoms with E-state index in [0.29, 0.717) is 24.2 Å². The number of piperidine rings is 1. The summed E-state index contributed by atoms with van der Waals surface area (Å²) >= 11 is 0. The number of nitrogens with zero attached hydrogens (tertiary/aromatic N) is 3. The van der Waals surface area contributed by atoms with Gasteiger partial charge in [-0.25, -0.2) is 4.98 Å². The molecule has 2 aromatic carbocycles. The molecule has 1 N–H and O–H groups in total. The van der Waals surface area contributed by atoms with Gasteiger partial charge < -0.3 is 9.88 Å². The van der Waals surface area contributed by atoms with Gasteiger partial charge >= 0.3 is 0 Å². The normalized spacial score (nSPS) is 17.2. The average Bonchev–Trinajstić information content (AvgIpc) is 3.11. The first-order valence-electron chi connectivity index (χ1n) is 9.02. The van der Waals surface area contributed by atoms with Crippen LogP contribution in [0, 0.1) is 17.0 Å². The molecule has 1 amide bonds. The number of aryl methyl sites for hydroxylation is 1. The molecule has 1 aromatic heterocycles. The topological polar surface area (TPSA) is 92.1 Å². The van der Waals surface area contributed by atoms with Crippen LogP contribution in [0.5, 0.6) is 0 Å². The number of amides is 1. The summed E-state index contributed by atoms with van der Waals surface area (Å²) in [6.07, 6.45) is 1.88. The largest absolute Gasteiger partial charge is 0.342 e. The van der Waals surface area contributed by atoms with Crippen molar-refractivity contribution in [2.45, 2.75) is 25.7 Å². The van der Waals surface area contributed by atoms with Gasteiger partial charge in [0.05, 0.1) is 16.0 Å². The molecule has 0 bridgehead atoms. The van der Waals surface area contributed by atoms with E-state index in [4.69, 9.17) is 0 Å². The molecule has 2 heterocycles. The van der Waals surface area contributed by atoms with Crippen LogP contribution >= 0.6 is 0 Å². The van der Waals surface area contributed by atoms with E-state index in [1.165, 1.54) is 12.1 Å². The number of carbonyl (C=O) groups excluding carboxylic acids is 1. The minimum Gasteiger partial charge on any atom is -0.342 e. The highest BCUT2D eigenvalue weighted by molar-refractivity contribution is 5.94. The molecule has 3 aromatic rings. The lowest BCUT2D eigenvalue weighted by molar-refractivity contribution is -0.385. The lowest BCUT2D eigenvalue weighted by Gasteiger charge is -2.32. The molecule has 0 radical (unpaired) electrons. The fraction of sp³-hybridized carbons (Fsp3) is 0.300. The summed E-state index contributed by atoms with van der Waals surface area (Å²) in [6.45, 7) is 2.93. The smallest absolute Gasteiger partial charge is 0.272 e. The van der Waals surface area contributed by atoms with Gasteiger partial charge in [0.25, 0.3) is 11.6 Å². The number of aromatic nitrogens is 2. The Morgan fingerprint density at radius 3 is 2.85 bits per heavy atom. The number of fused-ring (bicyclic) bond motifs is 1. The number of nitrogens with one attached hydrogen (secondary N) is 1. The van der Waals surface area contributed by atoms with Crippen molar-refractivity contribution in [1.82, 2.24) is 14.9 Å². The minimum atomic E-state index is -0.428. The number of hydrogen-bond donors (Lipinski definition) is 1. The number of hydrogen-bond acceptors (Lipinski definition) is 4. The fourth-order valence-electron chi connectivity index (χ4n) is 3.73. The van der Waals surface area contributed by atoms with Crippen molar-refractivity contribution in [2.75, 3.05) is 13.1 Å². The maximum atomic E-state index is 12.9. The highest BCUT2D eigenvalue weighted by Gasteiger charge is 2.28. The number of benzene rings is 2. The zero-order valence-corrected chi connectivity index (χ0v) is 15.0. The molecule has 0 aliphatic carbocycles. The van der Waals surface area contributed by atoms with Crippen molar-refractivity contribution in [3.05, 3.63) is 69.5 Å². The third kappa shape index (κ3) is 3.28. The molecule has 1 unspecified atom stereocenters. The van der Waals surface area contributed by atoms with Crippen LogP contribution in [0.1, 0.15) is 40.5 Å². The van der Waals surface area contributed by atoms with Gasteiger partial charge in [-0.1, -0.05) is 12.1 Å². The van der Waals surface area contributed by atoms with Gasteiger partial charge in [0.15, 0.2) is 0 Å². The number of carbonyl (C=O) groups is 1. The van der Waals surface area contributed by atoms with E-state index in [9.17, 15) is 14.9 Å². The van der Waals surface area contributed by atoms with Crippen molar-refractivity contribution in [3.8, 4) is 0 Å². The third-order valence-electron chi connectivity index (χ3n) is 5.14. The number of para-hydroxylation sites is 2. The van der Waals surface area contributed by atoms with E-state index in [1.54, 1.807) is 13.0 Å². The molecule has 0 spiro atoms. The number of imidazole rings is 1. The Morgan fingerprint density at radius 2 is 2.11 bits per heavy atom. The van der Waals surface area contributed by atoms with Gasteiger partial charge in [-0.05, 0) is 44.0 Å². The number of aromatic amines is 1. The van der Waals surface area contributed by atoms with Crippen LogP contribution in [0.15, 0.2) is 42.5 Å². The first-order valence-corrected chi connectivity index (χ1v) is 9.02. The molecule has 0 saturated carbocycles. The summed E-state index contributed by atoms with van der Waals surface area (Å²) in [4.78, 5) is 33.3. The molecular formula is C20H20N4O3. The van der Waals surface area contributed by atoms with Gasteiger partial charge in [-0.15, -0.1) is 0 Å². The zero-order valence-electron chi connectivity index (χ0n) is 15.0. The van der Waals surface area contributed by atoms with Gasteiger partial charge in [0.2, 0.25) is 0 Å². The van der Waals surface area contributed by atoms with Gasteiger partial charge in [-0.2, -0.15) is 0 Å². The average molecular weight is 364 g/mol. The Bertz CT molecular complexity index is 994. The van der Waals surface area contributed by atoms with Crippen LogP contribution in [0.3, 0.4) is 0 Å². The number of nitro groups is 1. The standard InChI is InChI=1S/C20H20N4O3/c1-13-11-14(8-9-18(13)24(26)27)20(25)23-10-4-5-15(12-23)19-21-16-6-2-3-7-17(16)22-19/h2-3,6-9,11,15H,4-5,10,12H2,1H3,(H,21,22). The summed E-state index contributed by atoms with van der Waals surface area (Å²) in [7, 11) is 0. The molecule has 7 heteroatoms. The zero-order chi connectivity index (χ0) is 19.0. The lowest BCUT2D eigenvalue weighted by atomic mass is 9.96. The molecule has 4 rings (SSSR count). The van der Waals surface area contributed by atoms with Crippen molar-refractivity contribution in [2.24, 2.45) is 0 Å². The van der Waals surface area contributed by atoms with Crippen LogP contribution in [-0.2, 0) is 0 Å². The Morgan fingerprint density at radius 1 is 1.30 bits per heavy atom. The van der Waals surface area contributed by atoms with E-state index in [-0.39, 0.29) is 17.5 Å². The van der Waals surface area contributed by atoms with Crippen molar-refractivity contribution < 1.29 is 9.72 Å². The Kier molecular flexibility index (Phi) is 4.35. The van der Waals surface area contributed by atoms with E-state index in [0.717, 1.165) is 29.7 Å². The van der Waals surface area contributed by atoms with Crippen molar-refractivity contribution in [1.29, 1.82) is 0 Å². The molecule has 1 fully saturated rings. The predicted octanol–water partition coefficient (Wildman–Crippen LogP) is 3.80. The molecule has 1 saturated heterocycles. The molecule has 7 nitrogen and oxygen atoms in total. The molecular weight excluding hydrogens is 344 g/mol. The van der Waals surface area contributed by atoms with E-state index >= 15 is 0 Å². The highest BCUT2D eigenvalue weighted by Crippen LogP contribution is 2.28. The highest BCUT2D eigenvalue weighted by atomic mass is 16.6. The third-order valence-corrected chi connectivity index (χ3v) is 5.14. The fourth-order valence-corrected chi connectivity index (χ4v) is 3.73. The molecule has 138 valence electrons. The summed E-state index contributed by atoms with van der Waals surface area (Å²) in [5, 5.41) is 11.0. The Labute approximate surface area is 156 Å². The van der Waals surface area contributed by atoms with Crippen LogP contribution < -0.4 is 0 Å². The molecule has 1 atom stereocenters. The van der Waals surface area contributed by atoms with Crippen LogP contribution in [-0.4, -0.2) is 38.8 Å². The second-order valence-electron chi connectivity index (χ2n) is 6.99. The van der Waals surface area contributed by atoms with Crippen molar-refractivity contribution >= 4 is 22.6 Å². The van der Waals surface area contributed by atoms with Crippen LogP contribution in [0.4, 0.5) is 5.69 Å². The predicted molar refractivity (Wildman–Crippen MR) is 102 cm³/mol.